The largest absolute Gasteiger partial charge is 0.478 e. The maximum absolute atomic E-state index is 12.0. The van der Waals surface area contributed by atoms with Crippen LogP contribution in [0.3, 0.4) is 0 Å². The van der Waals surface area contributed by atoms with E-state index in [9.17, 15) is 14.6 Å². The molecule has 1 saturated heterocycles. The number of amides is 1. The van der Waals surface area contributed by atoms with Crippen molar-refractivity contribution < 1.29 is 19.3 Å². The molecule has 1 aromatic rings. The minimum absolute atomic E-state index is 0.0231. The number of ketones is 1. The third-order valence-corrected chi connectivity index (χ3v) is 3.55. The van der Waals surface area contributed by atoms with Gasteiger partial charge in [0.2, 0.25) is 5.91 Å². The monoisotopic (exact) mass is 305 g/mol. The molecule has 1 fully saturated rings. The van der Waals surface area contributed by atoms with Crippen LogP contribution in [0.2, 0.25) is 0 Å². The molecule has 118 valence electrons. The fourth-order valence-corrected chi connectivity index (χ4v) is 2.53. The molecule has 1 aromatic heterocycles. The van der Waals surface area contributed by atoms with Crippen LogP contribution in [0, 0.1) is 0 Å². The molecule has 8 heteroatoms. The Morgan fingerprint density at radius 2 is 2.32 bits per heavy atom. The lowest BCUT2D eigenvalue weighted by molar-refractivity contribution is -0.122. The molecular weight excluding hydrogens is 285 g/mol. The van der Waals surface area contributed by atoms with Crippen molar-refractivity contribution in [3.8, 4) is 0 Å². The average molecular weight is 305 g/mol. The molecule has 0 spiro atoms. The summed E-state index contributed by atoms with van der Waals surface area (Å²) in [6.45, 7) is 1.49. The standard InChI is InChI=1S/C14H20BN3O4/c1-9(19)6-11-2-3-12(15(21)22-11)18-14(20)8-10-4-5-17-13(16)7-10/h4-5,7,11-12,21H,2-3,6,8H2,1H3,(H2,16,17)(H,18,20)/t11-,12-/m0/s1. The van der Waals surface area contributed by atoms with Crippen molar-refractivity contribution in [1.82, 2.24) is 10.3 Å². The molecule has 1 amide bonds. The average Bonchev–Trinajstić information content (AvgIpc) is 2.41. The molecule has 0 aromatic carbocycles. The van der Waals surface area contributed by atoms with Crippen LogP contribution in [0.15, 0.2) is 18.3 Å². The SMILES string of the molecule is CC(=O)C[C@@H]1CC[C@H](NC(=O)Cc2ccnc(N)c2)B(O)O1. The molecule has 0 unspecified atom stereocenters. The van der Waals surface area contributed by atoms with Crippen LogP contribution in [0.5, 0.6) is 0 Å². The molecule has 0 aliphatic carbocycles. The van der Waals surface area contributed by atoms with Crippen molar-refractivity contribution >= 4 is 24.6 Å². The number of nitrogens with zero attached hydrogens (tertiary/aromatic N) is 1. The summed E-state index contributed by atoms with van der Waals surface area (Å²) in [4.78, 5) is 26.9. The first-order valence-corrected chi connectivity index (χ1v) is 7.27. The van der Waals surface area contributed by atoms with E-state index >= 15 is 0 Å². The summed E-state index contributed by atoms with van der Waals surface area (Å²) >= 11 is 0. The van der Waals surface area contributed by atoms with E-state index in [2.05, 4.69) is 10.3 Å². The van der Waals surface area contributed by atoms with E-state index < -0.39 is 13.1 Å². The Morgan fingerprint density at radius 3 is 2.95 bits per heavy atom. The fraction of sp³-hybridized carbons (Fsp3) is 0.500. The maximum atomic E-state index is 12.0. The van der Waals surface area contributed by atoms with E-state index in [1.807, 2.05) is 0 Å². The summed E-state index contributed by atoms with van der Waals surface area (Å²) in [6.07, 6.45) is 2.91. The minimum atomic E-state index is -1.09. The number of carbonyl (C=O) groups excluding carboxylic acids is 2. The summed E-state index contributed by atoms with van der Waals surface area (Å²) in [5.74, 6) is -0.300. The minimum Gasteiger partial charge on any atom is -0.426 e. The lowest BCUT2D eigenvalue weighted by Gasteiger charge is -2.31. The smallest absolute Gasteiger partial charge is 0.426 e. The Kier molecular flexibility index (Phi) is 5.51. The molecule has 0 radical (unpaired) electrons. The number of hydrogen-bond donors (Lipinski definition) is 3. The highest BCUT2D eigenvalue weighted by Gasteiger charge is 2.36. The molecule has 4 N–H and O–H groups in total. The fourth-order valence-electron chi connectivity index (χ4n) is 2.53. The molecule has 1 aliphatic heterocycles. The Labute approximate surface area is 129 Å². The van der Waals surface area contributed by atoms with Gasteiger partial charge in [-0.2, -0.15) is 0 Å². The van der Waals surface area contributed by atoms with Crippen molar-refractivity contribution in [3.05, 3.63) is 23.9 Å². The summed E-state index contributed by atoms with van der Waals surface area (Å²) in [6, 6.07) is 3.35. The maximum Gasteiger partial charge on any atom is 0.478 e. The van der Waals surface area contributed by atoms with Gasteiger partial charge in [0.15, 0.2) is 0 Å². The first-order chi connectivity index (χ1) is 10.4. The molecule has 2 atom stereocenters. The van der Waals surface area contributed by atoms with Crippen LogP contribution in [-0.2, 0) is 20.7 Å². The summed E-state index contributed by atoms with van der Waals surface area (Å²) < 4.78 is 5.37. The molecule has 0 saturated carbocycles. The van der Waals surface area contributed by atoms with Gasteiger partial charge in [-0.25, -0.2) is 4.98 Å². The molecular formula is C14H20BN3O4. The quantitative estimate of drug-likeness (QED) is 0.653. The Hall–Kier alpha value is -1.93. The van der Waals surface area contributed by atoms with Gasteiger partial charge in [0, 0.05) is 18.7 Å². The highest BCUT2D eigenvalue weighted by atomic mass is 16.5. The van der Waals surface area contributed by atoms with Crippen LogP contribution < -0.4 is 11.1 Å². The van der Waals surface area contributed by atoms with Gasteiger partial charge in [0.05, 0.1) is 12.4 Å². The van der Waals surface area contributed by atoms with Gasteiger partial charge in [-0.05, 0) is 37.5 Å². The van der Waals surface area contributed by atoms with Crippen molar-refractivity contribution in [2.24, 2.45) is 0 Å². The molecule has 2 heterocycles. The number of nitrogens with one attached hydrogen (secondary N) is 1. The van der Waals surface area contributed by atoms with Gasteiger partial charge >= 0.3 is 7.12 Å². The predicted molar refractivity (Wildman–Crippen MR) is 81.7 cm³/mol. The second-order valence-corrected chi connectivity index (χ2v) is 5.57. The highest BCUT2D eigenvalue weighted by Crippen LogP contribution is 2.19. The van der Waals surface area contributed by atoms with Gasteiger partial charge in [-0.15, -0.1) is 0 Å². The van der Waals surface area contributed by atoms with Gasteiger partial charge in [0.1, 0.15) is 11.6 Å². The number of hydrogen-bond acceptors (Lipinski definition) is 6. The lowest BCUT2D eigenvalue weighted by atomic mass is 9.72. The second-order valence-electron chi connectivity index (χ2n) is 5.57. The van der Waals surface area contributed by atoms with E-state index in [0.29, 0.717) is 18.7 Å². The van der Waals surface area contributed by atoms with Crippen LogP contribution >= 0.6 is 0 Å². The Morgan fingerprint density at radius 1 is 1.55 bits per heavy atom. The number of anilines is 1. The number of nitrogen functional groups attached to an aromatic ring is 1. The zero-order valence-electron chi connectivity index (χ0n) is 12.5. The van der Waals surface area contributed by atoms with Gasteiger partial charge < -0.3 is 20.7 Å². The van der Waals surface area contributed by atoms with Crippen LogP contribution in [0.1, 0.15) is 31.7 Å². The van der Waals surface area contributed by atoms with Crippen molar-refractivity contribution in [1.29, 1.82) is 0 Å². The number of Topliss-reactive ketones (excluding diaryl/α,β-unsaturated/α-hetero) is 1. The third kappa shape index (κ3) is 4.82. The number of rotatable bonds is 5. The van der Waals surface area contributed by atoms with E-state index in [0.717, 1.165) is 5.56 Å². The normalized spacial score (nSPS) is 21.5. The van der Waals surface area contributed by atoms with Gasteiger partial charge in [-0.1, -0.05) is 0 Å². The lowest BCUT2D eigenvalue weighted by Crippen LogP contribution is -2.53. The van der Waals surface area contributed by atoms with Crippen molar-refractivity contribution in [2.45, 2.75) is 44.7 Å². The number of nitrogens with two attached hydrogens (primary N) is 1. The zero-order valence-corrected chi connectivity index (χ0v) is 12.5. The number of pyridine rings is 1. The molecule has 22 heavy (non-hydrogen) atoms. The van der Waals surface area contributed by atoms with Crippen LogP contribution in [0.25, 0.3) is 0 Å². The Balaban J connectivity index is 1.83. The van der Waals surface area contributed by atoms with E-state index in [1.54, 1.807) is 18.3 Å². The van der Waals surface area contributed by atoms with Crippen molar-refractivity contribution in [3.63, 3.8) is 0 Å². The van der Waals surface area contributed by atoms with E-state index in [1.165, 1.54) is 6.92 Å². The number of aromatic nitrogens is 1. The highest BCUT2D eigenvalue weighted by molar-refractivity contribution is 6.45. The van der Waals surface area contributed by atoms with Crippen LogP contribution in [0.4, 0.5) is 5.82 Å². The second kappa shape index (κ2) is 7.37. The van der Waals surface area contributed by atoms with Gasteiger partial charge in [-0.3, -0.25) is 9.59 Å². The van der Waals surface area contributed by atoms with Gasteiger partial charge in [0.25, 0.3) is 0 Å². The predicted octanol–water partition coefficient (Wildman–Crippen LogP) is -0.131. The third-order valence-electron chi connectivity index (χ3n) is 3.55. The van der Waals surface area contributed by atoms with E-state index in [4.69, 9.17) is 10.4 Å². The molecule has 2 rings (SSSR count). The van der Waals surface area contributed by atoms with E-state index in [-0.39, 0.29) is 30.6 Å². The zero-order chi connectivity index (χ0) is 16.1. The molecule has 1 aliphatic rings. The topological polar surface area (TPSA) is 115 Å². The first-order valence-electron chi connectivity index (χ1n) is 7.27. The number of carbonyl (C=O) groups is 2. The summed E-state index contributed by atoms with van der Waals surface area (Å²) in [7, 11) is -1.09. The summed E-state index contributed by atoms with van der Waals surface area (Å²) in [5.41, 5.74) is 6.32. The van der Waals surface area contributed by atoms with Crippen LogP contribution in [-0.4, -0.2) is 40.9 Å². The molecule has 0 bridgehead atoms. The Bertz CT molecular complexity index is 555. The summed E-state index contributed by atoms with van der Waals surface area (Å²) in [5, 5.41) is 12.7. The van der Waals surface area contributed by atoms with Crippen molar-refractivity contribution in [2.75, 3.05) is 5.73 Å². The first kappa shape index (κ1) is 16.4. The molecule has 7 nitrogen and oxygen atoms in total.